The Morgan fingerprint density at radius 3 is 1.50 bits per heavy atom. The lowest BCUT2D eigenvalue weighted by molar-refractivity contribution is -0.519. The molecule has 5 nitrogen and oxygen atoms in total. The molecule has 0 aliphatic heterocycles. The van der Waals surface area contributed by atoms with Crippen molar-refractivity contribution in [1.29, 1.82) is 0 Å². The van der Waals surface area contributed by atoms with Gasteiger partial charge in [0.1, 0.15) is 0 Å². The van der Waals surface area contributed by atoms with Gasteiger partial charge >= 0.3 is 39.6 Å². The van der Waals surface area contributed by atoms with Crippen molar-refractivity contribution >= 4 is 10.1 Å². The van der Waals surface area contributed by atoms with E-state index >= 15 is 0 Å². The number of alkyl halides is 11. The third-order valence-electron chi connectivity index (χ3n) is 1.98. The average molecular weight is 410 g/mol. The summed E-state index contributed by atoms with van der Waals surface area (Å²) >= 11 is 0. The molecule has 0 aliphatic rings. The van der Waals surface area contributed by atoms with Crippen LogP contribution in [0, 0.1) is 0 Å². The Balaban J connectivity index is 6.19. The Morgan fingerprint density at radius 1 is 0.875 bits per heavy atom. The first-order valence-corrected chi connectivity index (χ1v) is 6.44. The minimum Gasteiger partial charge on any atom is -0.281 e. The van der Waals surface area contributed by atoms with Crippen molar-refractivity contribution in [2.24, 2.45) is 0 Å². The standard InChI is InChI=1S/C7H5F11O5S/c1-2(8)22-5(13,14)3(9,4(10,11)12)23-6(15,16)7(17,18)24(19,20)21/h2H,1H3,(H,19,20,21). The minimum atomic E-state index is -7.25. The summed E-state index contributed by atoms with van der Waals surface area (Å²) in [7, 11) is -7.25. The average Bonchev–Trinajstić information content (AvgIpc) is 2.22. The van der Waals surface area contributed by atoms with E-state index in [-0.39, 0.29) is 6.92 Å². The fraction of sp³-hybridized carbons (Fsp3) is 1.00. The highest BCUT2D eigenvalue weighted by molar-refractivity contribution is 7.86. The van der Waals surface area contributed by atoms with Crippen LogP contribution in [0.1, 0.15) is 6.92 Å². The molecule has 2 atom stereocenters. The van der Waals surface area contributed by atoms with Crippen molar-refractivity contribution in [3.63, 3.8) is 0 Å². The zero-order valence-corrected chi connectivity index (χ0v) is 11.5. The first-order chi connectivity index (χ1) is 10.1. The SMILES string of the molecule is CC(F)OC(F)(F)C(F)(OC(F)(F)C(F)(F)S(=O)(=O)O)C(F)(F)F. The molecule has 2 unspecified atom stereocenters. The van der Waals surface area contributed by atoms with E-state index in [1.807, 2.05) is 0 Å². The van der Waals surface area contributed by atoms with Gasteiger partial charge in [-0.2, -0.15) is 52.3 Å². The maximum atomic E-state index is 13.4. The van der Waals surface area contributed by atoms with E-state index in [9.17, 15) is 56.7 Å². The number of ether oxygens (including phenoxy) is 2. The highest BCUT2D eigenvalue weighted by Crippen LogP contribution is 2.52. The van der Waals surface area contributed by atoms with Gasteiger partial charge in [-0.3, -0.25) is 14.0 Å². The lowest BCUT2D eigenvalue weighted by atomic mass is 10.2. The molecule has 17 heteroatoms. The van der Waals surface area contributed by atoms with Gasteiger partial charge in [-0.25, -0.2) is 4.39 Å². The van der Waals surface area contributed by atoms with Crippen LogP contribution in [0.2, 0.25) is 0 Å². The molecule has 0 aromatic rings. The van der Waals surface area contributed by atoms with Gasteiger partial charge in [0.25, 0.3) is 0 Å². The highest BCUT2D eigenvalue weighted by atomic mass is 32.2. The molecular weight excluding hydrogens is 405 g/mol. The van der Waals surface area contributed by atoms with Crippen LogP contribution in [0.25, 0.3) is 0 Å². The molecular formula is C7H5F11O5S. The topological polar surface area (TPSA) is 72.8 Å². The molecule has 24 heavy (non-hydrogen) atoms. The Kier molecular flexibility index (Phi) is 5.86. The van der Waals surface area contributed by atoms with Crippen LogP contribution >= 0.6 is 0 Å². The second-order valence-electron chi connectivity index (χ2n) is 3.88. The molecule has 1 N–H and O–H groups in total. The fourth-order valence-electron chi connectivity index (χ4n) is 0.948. The van der Waals surface area contributed by atoms with E-state index in [1.54, 1.807) is 4.74 Å². The van der Waals surface area contributed by atoms with E-state index < -0.39 is 46.0 Å². The monoisotopic (exact) mass is 410 g/mol. The van der Waals surface area contributed by atoms with Crippen molar-refractivity contribution in [2.75, 3.05) is 0 Å². The number of hydrogen-bond acceptors (Lipinski definition) is 4. The molecule has 0 amide bonds. The lowest BCUT2D eigenvalue weighted by Gasteiger charge is -2.37. The zero-order chi connectivity index (χ0) is 20.0. The van der Waals surface area contributed by atoms with Crippen LogP contribution < -0.4 is 0 Å². The Labute approximate surface area is 125 Å². The van der Waals surface area contributed by atoms with Gasteiger partial charge in [-0.1, -0.05) is 0 Å². The largest absolute Gasteiger partial charge is 0.460 e. The summed E-state index contributed by atoms with van der Waals surface area (Å²) in [5.41, 5.74) is 0. The molecule has 0 rings (SSSR count). The fourth-order valence-corrected chi connectivity index (χ4v) is 1.29. The minimum absolute atomic E-state index is 0.0599. The molecule has 0 radical (unpaired) electrons. The number of rotatable bonds is 7. The lowest BCUT2D eigenvalue weighted by Crippen LogP contribution is -2.64. The van der Waals surface area contributed by atoms with E-state index in [4.69, 9.17) is 4.55 Å². The van der Waals surface area contributed by atoms with Gasteiger partial charge < -0.3 is 0 Å². The van der Waals surface area contributed by atoms with E-state index in [2.05, 4.69) is 4.74 Å². The molecule has 0 spiro atoms. The van der Waals surface area contributed by atoms with Gasteiger partial charge in [0.2, 0.25) is 6.36 Å². The third kappa shape index (κ3) is 3.99. The molecule has 0 aromatic heterocycles. The summed E-state index contributed by atoms with van der Waals surface area (Å²) in [5.74, 6) is -7.13. The molecule has 0 heterocycles. The molecule has 0 aliphatic carbocycles. The summed E-state index contributed by atoms with van der Waals surface area (Å²) in [4.78, 5) is 0. The van der Waals surface area contributed by atoms with E-state index in [0.29, 0.717) is 0 Å². The number of hydrogen-bond donors (Lipinski definition) is 1. The molecule has 0 fully saturated rings. The van der Waals surface area contributed by atoms with Gasteiger partial charge in [-0.05, 0) is 6.92 Å². The maximum absolute atomic E-state index is 13.4. The second-order valence-corrected chi connectivity index (χ2v) is 5.34. The molecule has 0 bridgehead atoms. The van der Waals surface area contributed by atoms with Crippen molar-refractivity contribution in [2.45, 2.75) is 42.8 Å². The molecule has 0 saturated heterocycles. The van der Waals surface area contributed by atoms with Gasteiger partial charge in [0.15, 0.2) is 0 Å². The van der Waals surface area contributed by atoms with Crippen LogP contribution in [0.3, 0.4) is 0 Å². The quantitative estimate of drug-likeness (QED) is 0.516. The van der Waals surface area contributed by atoms with E-state index in [0.717, 1.165) is 0 Å². The summed E-state index contributed by atoms with van der Waals surface area (Å²) in [5, 5.41) is -6.99. The Bertz CT molecular complexity index is 556. The summed E-state index contributed by atoms with van der Waals surface area (Å²) in [6.45, 7) is -0.0599. The van der Waals surface area contributed by atoms with Gasteiger partial charge in [-0.15, -0.1) is 0 Å². The predicted molar refractivity (Wildman–Crippen MR) is 49.0 cm³/mol. The number of halogens is 11. The van der Waals surface area contributed by atoms with Gasteiger partial charge in [0, 0.05) is 0 Å². The van der Waals surface area contributed by atoms with Crippen LogP contribution in [-0.4, -0.2) is 48.8 Å². The van der Waals surface area contributed by atoms with Crippen LogP contribution in [-0.2, 0) is 19.6 Å². The Morgan fingerprint density at radius 2 is 1.25 bits per heavy atom. The second kappa shape index (κ2) is 6.10. The van der Waals surface area contributed by atoms with Crippen molar-refractivity contribution in [1.82, 2.24) is 0 Å². The van der Waals surface area contributed by atoms with Crippen LogP contribution in [0.15, 0.2) is 0 Å². The first-order valence-electron chi connectivity index (χ1n) is 5.00. The van der Waals surface area contributed by atoms with Gasteiger partial charge in [0.05, 0.1) is 0 Å². The zero-order valence-electron chi connectivity index (χ0n) is 10.7. The smallest absolute Gasteiger partial charge is 0.281 e. The van der Waals surface area contributed by atoms with Crippen molar-refractivity contribution in [3.05, 3.63) is 0 Å². The summed E-state index contributed by atoms with van der Waals surface area (Å²) < 4.78 is 171. The first kappa shape index (κ1) is 23.1. The van der Waals surface area contributed by atoms with Crippen LogP contribution in [0.4, 0.5) is 48.3 Å². The van der Waals surface area contributed by atoms with Crippen LogP contribution in [0.5, 0.6) is 0 Å². The Hall–Kier alpha value is -0.940. The van der Waals surface area contributed by atoms with Crippen molar-refractivity contribution < 1.29 is 70.7 Å². The normalized spacial score (nSPS) is 19.0. The molecule has 0 saturated carbocycles. The predicted octanol–water partition coefficient (Wildman–Crippen LogP) is 3.23. The third-order valence-corrected chi connectivity index (χ3v) is 2.87. The summed E-state index contributed by atoms with van der Waals surface area (Å²) in [6.07, 6.45) is -24.5. The highest BCUT2D eigenvalue weighted by Gasteiger charge is 2.81. The maximum Gasteiger partial charge on any atom is 0.460 e. The van der Waals surface area contributed by atoms with Crippen molar-refractivity contribution in [3.8, 4) is 0 Å². The summed E-state index contributed by atoms with van der Waals surface area (Å²) in [6, 6.07) is 0. The molecule has 0 aromatic carbocycles. The molecule has 146 valence electrons. The van der Waals surface area contributed by atoms with E-state index in [1.165, 1.54) is 0 Å².